The Bertz CT molecular complexity index is 623. The highest BCUT2D eigenvalue weighted by Gasteiger charge is 2.15. The molecule has 0 amide bonds. The number of halogens is 4. The van der Waals surface area contributed by atoms with E-state index in [4.69, 9.17) is 0 Å². The molecule has 0 bridgehead atoms. The summed E-state index contributed by atoms with van der Waals surface area (Å²) in [5.74, 6) is -2.48. The second kappa shape index (κ2) is 5.57. The summed E-state index contributed by atoms with van der Waals surface area (Å²) in [6.07, 6.45) is -0.113. The first kappa shape index (κ1) is 13.8. The number of hydrogen-bond acceptors (Lipinski definition) is 1. The zero-order chi connectivity index (χ0) is 14.0. The van der Waals surface area contributed by atoms with Crippen molar-refractivity contribution in [2.24, 2.45) is 0 Å². The fraction of sp³-hybridized carbons (Fsp3) is 0.0714. The van der Waals surface area contributed by atoms with Crippen LogP contribution < -0.4 is 0 Å². The van der Waals surface area contributed by atoms with Gasteiger partial charge in [-0.05, 0) is 45.8 Å². The molecule has 0 fully saturated rings. The summed E-state index contributed by atoms with van der Waals surface area (Å²) in [5, 5.41) is 0. The number of carbonyl (C=O) groups excluding carboxylic acids is 1. The van der Waals surface area contributed by atoms with Crippen molar-refractivity contribution in [1.29, 1.82) is 0 Å². The topological polar surface area (TPSA) is 17.1 Å². The van der Waals surface area contributed by atoms with E-state index in [1.807, 2.05) is 0 Å². The minimum absolute atomic E-state index is 0.0386. The van der Waals surface area contributed by atoms with Gasteiger partial charge >= 0.3 is 0 Å². The van der Waals surface area contributed by atoms with Crippen molar-refractivity contribution >= 4 is 21.7 Å². The van der Waals surface area contributed by atoms with E-state index in [0.29, 0.717) is 5.56 Å². The lowest BCUT2D eigenvalue weighted by Gasteiger charge is -2.04. The minimum Gasteiger partial charge on any atom is -0.294 e. The quantitative estimate of drug-likeness (QED) is 0.606. The van der Waals surface area contributed by atoms with Crippen molar-refractivity contribution in [3.05, 3.63) is 69.4 Å². The predicted molar refractivity (Wildman–Crippen MR) is 68.5 cm³/mol. The average molecular weight is 329 g/mol. The van der Waals surface area contributed by atoms with Crippen LogP contribution in [0.4, 0.5) is 13.2 Å². The SMILES string of the molecule is O=C(Cc1ccc(F)cc1)c1cc(F)c(Br)cc1F. The third kappa shape index (κ3) is 3.23. The normalized spacial score (nSPS) is 10.5. The third-order valence-electron chi connectivity index (χ3n) is 2.59. The molecule has 2 aromatic carbocycles. The summed E-state index contributed by atoms with van der Waals surface area (Å²) in [7, 11) is 0. The molecule has 0 saturated carbocycles. The molecule has 0 aliphatic heterocycles. The molecule has 98 valence electrons. The maximum Gasteiger partial charge on any atom is 0.170 e. The predicted octanol–water partition coefficient (Wildman–Crippen LogP) is 4.29. The number of carbonyl (C=O) groups is 1. The number of hydrogen-bond donors (Lipinski definition) is 0. The minimum atomic E-state index is -0.791. The van der Waals surface area contributed by atoms with Crippen LogP contribution in [0.3, 0.4) is 0 Å². The number of rotatable bonds is 3. The molecule has 0 aliphatic carbocycles. The summed E-state index contributed by atoms with van der Waals surface area (Å²) >= 11 is 2.84. The van der Waals surface area contributed by atoms with Crippen LogP contribution in [0.5, 0.6) is 0 Å². The highest BCUT2D eigenvalue weighted by molar-refractivity contribution is 9.10. The fourth-order valence-electron chi connectivity index (χ4n) is 1.62. The molecule has 0 N–H and O–H groups in total. The summed E-state index contributed by atoms with van der Waals surface area (Å²) in [5.41, 5.74) is 0.221. The van der Waals surface area contributed by atoms with Crippen LogP contribution in [-0.2, 0) is 6.42 Å². The Labute approximate surface area is 116 Å². The molecular formula is C14H8BrF3O. The number of ketones is 1. The van der Waals surface area contributed by atoms with Gasteiger partial charge in [-0.15, -0.1) is 0 Å². The molecule has 5 heteroatoms. The van der Waals surface area contributed by atoms with Crippen molar-refractivity contribution in [3.63, 3.8) is 0 Å². The van der Waals surface area contributed by atoms with Crippen molar-refractivity contribution in [2.45, 2.75) is 6.42 Å². The molecule has 0 radical (unpaired) electrons. The smallest absolute Gasteiger partial charge is 0.170 e. The maximum absolute atomic E-state index is 13.6. The number of Topliss-reactive ketones (excluding diaryl/α,β-unsaturated/α-hetero) is 1. The van der Waals surface area contributed by atoms with Gasteiger partial charge < -0.3 is 0 Å². The Morgan fingerprint density at radius 3 is 2.26 bits per heavy atom. The van der Waals surface area contributed by atoms with E-state index < -0.39 is 23.2 Å². The molecule has 2 aromatic rings. The number of benzene rings is 2. The largest absolute Gasteiger partial charge is 0.294 e. The molecular weight excluding hydrogens is 321 g/mol. The Morgan fingerprint density at radius 1 is 1.00 bits per heavy atom. The summed E-state index contributed by atoms with van der Waals surface area (Å²) < 4.78 is 39.5. The van der Waals surface area contributed by atoms with Gasteiger partial charge in [0, 0.05) is 6.42 Å². The first-order chi connectivity index (χ1) is 8.97. The van der Waals surface area contributed by atoms with Crippen LogP contribution in [-0.4, -0.2) is 5.78 Å². The van der Waals surface area contributed by atoms with Crippen molar-refractivity contribution in [1.82, 2.24) is 0 Å². The van der Waals surface area contributed by atoms with E-state index >= 15 is 0 Å². The first-order valence-corrected chi connectivity index (χ1v) is 6.19. The zero-order valence-electron chi connectivity index (χ0n) is 9.59. The molecule has 0 aromatic heterocycles. The molecule has 0 heterocycles. The van der Waals surface area contributed by atoms with Gasteiger partial charge in [0.25, 0.3) is 0 Å². The van der Waals surface area contributed by atoms with Crippen LogP contribution in [0.2, 0.25) is 0 Å². The third-order valence-corrected chi connectivity index (χ3v) is 3.20. The molecule has 1 nitrogen and oxygen atoms in total. The molecule has 2 rings (SSSR count). The van der Waals surface area contributed by atoms with Gasteiger partial charge in [0.1, 0.15) is 17.5 Å². The second-order valence-corrected chi connectivity index (χ2v) is 4.83. The second-order valence-electron chi connectivity index (χ2n) is 3.97. The molecule has 0 aliphatic rings. The molecule has 0 spiro atoms. The average Bonchev–Trinajstić information content (AvgIpc) is 2.36. The van der Waals surface area contributed by atoms with Gasteiger partial charge in [0.15, 0.2) is 5.78 Å². The van der Waals surface area contributed by atoms with E-state index in [2.05, 4.69) is 15.9 Å². The summed E-state index contributed by atoms with van der Waals surface area (Å²) in [6.45, 7) is 0. The van der Waals surface area contributed by atoms with Crippen LogP contribution in [0.15, 0.2) is 40.9 Å². The monoisotopic (exact) mass is 328 g/mol. The lowest BCUT2D eigenvalue weighted by molar-refractivity contribution is 0.0988. The van der Waals surface area contributed by atoms with E-state index in [1.54, 1.807) is 0 Å². The summed E-state index contributed by atoms with van der Waals surface area (Å²) in [6, 6.07) is 7.04. The molecule has 0 unspecified atom stereocenters. The van der Waals surface area contributed by atoms with E-state index in [0.717, 1.165) is 12.1 Å². The maximum atomic E-state index is 13.6. The van der Waals surface area contributed by atoms with Gasteiger partial charge in [0.05, 0.1) is 10.0 Å². The van der Waals surface area contributed by atoms with Crippen LogP contribution in [0.1, 0.15) is 15.9 Å². The first-order valence-electron chi connectivity index (χ1n) is 5.39. The highest BCUT2D eigenvalue weighted by Crippen LogP contribution is 2.21. The van der Waals surface area contributed by atoms with Crippen molar-refractivity contribution in [2.75, 3.05) is 0 Å². The standard InChI is InChI=1S/C14H8BrF3O/c15-11-7-12(17)10(6-13(11)18)14(19)5-8-1-3-9(16)4-2-8/h1-4,6-7H,5H2. The lowest BCUT2D eigenvalue weighted by Crippen LogP contribution is -2.07. The van der Waals surface area contributed by atoms with Gasteiger partial charge in [-0.3, -0.25) is 4.79 Å². The van der Waals surface area contributed by atoms with Crippen LogP contribution in [0.25, 0.3) is 0 Å². The van der Waals surface area contributed by atoms with E-state index in [9.17, 15) is 18.0 Å². The molecule has 0 atom stereocenters. The Morgan fingerprint density at radius 2 is 1.63 bits per heavy atom. The Kier molecular flexibility index (Phi) is 4.04. The Balaban J connectivity index is 2.25. The molecule has 19 heavy (non-hydrogen) atoms. The van der Waals surface area contributed by atoms with Crippen molar-refractivity contribution in [3.8, 4) is 0 Å². The van der Waals surface area contributed by atoms with Gasteiger partial charge in [-0.1, -0.05) is 12.1 Å². The van der Waals surface area contributed by atoms with Gasteiger partial charge in [0.2, 0.25) is 0 Å². The lowest BCUT2D eigenvalue weighted by atomic mass is 10.0. The van der Waals surface area contributed by atoms with E-state index in [-0.39, 0.29) is 16.5 Å². The van der Waals surface area contributed by atoms with Crippen molar-refractivity contribution < 1.29 is 18.0 Å². The summed E-state index contributed by atoms with van der Waals surface area (Å²) in [4.78, 5) is 11.9. The molecule has 0 saturated heterocycles. The highest BCUT2D eigenvalue weighted by atomic mass is 79.9. The Hall–Kier alpha value is -1.62. The van der Waals surface area contributed by atoms with Crippen LogP contribution >= 0.6 is 15.9 Å². The fourth-order valence-corrected chi connectivity index (χ4v) is 1.93. The van der Waals surface area contributed by atoms with E-state index in [1.165, 1.54) is 24.3 Å². The van der Waals surface area contributed by atoms with Gasteiger partial charge in [-0.25, -0.2) is 13.2 Å². The zero-order valence-corrected chi connectivity index (χ0v) is 11.2. The van der Waals surface area contributed by atoms with Gasteiger partial charge in [-0.2, -0.15) is 0 Å². The van der Waals surface area contributed by atoms with Crippen LogP contribution in [0, 0.1) is 17.5 Å².